The third-order valence-electron chi connectivity index (χ3n) is 5.90. The summed E-state index contributed by atoms with van der Waals surface area (Å²) in [6.45, 7) is 7.71. The second kappa shape index (κ2) is 9.94. The lowest BCUT2D eigenvalue weighted by Crippen LogP contribution is -2.40. The lowest BCUT2D eigenvalue weighted by atomic mass is 10.1. The van der Waals surface area contributed by atoms with Crippen LogP contribution in [0.2, 0.25) is 0 Å². The van der Waals surface area contributed by atoms with Crippen molar-refractivity contribution in [2.24, 2.45) is 0 Å². The number of hydrogen-bond acceptors (Lipinski definition) is 4. The summed E-state index contributed by atoms with van der Waals surface area (Å²) in [6, 6.07) is 12.2. The Bertz CT molecular complexity index is 1100. The maximum atomic E-state index is 12.9. The summed E-state index contributed by atoms with van der Waals surface area (Å²) in [4.78, 5) is 28.0. The maximum Gasteiger partial charge on any atom is 0.263 e. The van der Waals surface area contributed by atoms with Gasteiger partial charge in [0.25, 0.3) is 11.5 Å². The molecule has 31 heavy (non-hydrogen) atoms. The fourth-order valence-electron chi connectivity index (χ4n) is 4.07. The van der Waals surface area contributed by atoms with Crippen molar-refractivity contribution in [3.05, 3.63) is 70.3 Å². The topological polar surface area (TPSA) is 68.5 Å². The number of aromatic nitrogens is 2. The van der Waals surface area contributed by atoms with Crippen molar-refractivity contribution in [2.75, 3.05) is 39.4 Å². The van der Waals surface area contributed by atoms with Crippen molar-refractivity contribution in [3.63, 3.8) is 0 Å². The molecule has 0 radical (unpaired) electrons. The van der Waals surface area contributed by atoms with Crippen LogP contribution < -0.4 is 10.9 Å². The van der Waals surface area contributed by atoms with Gasteiger partial charge in [0, 0.05) is 57.2 Å². The van der Waals surface area contributed by atoms with Gasteiger partial charge in [0.05, 0.1) is 13.2 Å². The van der Waals surface area contributed by atoms with E-state index in [0.717, 1.165) is 45.8 Å². The molecular formula is C24H30N4O3. The van der Waals surface area contributed by atoms with Gasteiger partial charge in [-0.2, -0.15) is 0 Å². The average molecular weight is 423 g/mol. The Morgan fingerprint density at radius 3 is 2.61 bits per heavy atom. The Balaban J connectivity index is 1.33. The minimum Gasteiger partial charge on any atom is -0.379 e. The number of benzene rings is 1. The summed E-state index contributed by atoms with van der Waals surface area (Å²) in [5.74, 6) is -0.291. The Labute approximate surface area is 182 Å². The Kier molecular flexibility index (Phi) is 6.84. The van der Waals surface area contributed by atoms with Gasteiger partial charge >= 0.3 is 0 Å². The quantitative estimate of drug-likeness (QED) is 0.566. The zero-order valence-corrected chi connectivity index (χ0v) is 18.0. The number of nitrogens with zero attached hydrogens (tertiary/aromatic N) is 3. The highest BCUT2D eigenvalue weighted by Crippen LogP contribution is 2.15. The van der Waals surface area contributed by atoms with E-state index < -0.39 is 0 Å². The molecule has 3 aromatic rings. The summed E-state index contributed by atoms with van der Waals surface area (Å²) >= 11 is 0. The molecule has 1 amide bonds. The first-order valence-electron chi connectivity index (χ1n) is 11.0. The molecule has 1 saturated heterocycles. The van der Waals surface area contributed by atoms with E-state index in [2.05, 4.69) is 39.2 Å². The molecular weight excluding hydrogens is 392 g/mol. The van der Waals surface area contributed by atoms with Crippen LogP contribution in [0, 0.1) is 6.92 Å². The molecule has 1 aliphatic rings. The number of carbonyl (C=O) groups is 1. The number of amides is 1. The van der Waals surface area contributed by atoms with Crippen molar-refractivity contribution in [1.29, 1.82) is 0 Å². The second-order valence-electron chi connectivity index (χ2n) is 8.00. The zero-order valence-electron chi connectivity index (χ0n) is 18.0. The number of rotatable bonds is 8. The third-order valence-corrected chi connectivity index (χ3v) is 5.90. The van der Waals surface area contributed by atoms with Crippen LogP contribution in [0.5, 0.6) is 0 Å². The highest BCUT2D eigenvalue weighted by atomic mass is 16.5. The fraction of sp³-hybridized carbons (Fsp3) is 0.417. The van der Waals surface area contributed by atoms with Crippen molar-refractivity contribution in [2.45, 2.75) is 26.4 Å². The van der Waals surface area contributed by atoms with Gasteiger partial charge in [-0.3, -0.25) is 14.5 Å². The van der Waals surface area contributed by atoms with Crippen LogP contribution in [-0.4, -0.2) is 59.3 Å². The molecule has 7 heteroatoms. The molecule has 1 fully saturated rings. The summed E-state index contributed by atoms with van der Waals surface area (Å²) in [7, 11) is 0. The molecule has 0 aliphatic carbocycles. The van der Waals surface area contributed by atoms with E-state index in [4.69, 9.17) is 4.74 Å². The first-order valence-corrected chi connectivity index (χ1v) is 11.0. The molecule has 0 bridgehead atoms. The minimum atomic E-state index is -0.291. The van der Waals surface area contributed by atoms with Gasteiger partial charge in [0.15, 0.2) is 0 Å². The standard InChI is InChI=1S/C24H30N4O3/c1-19-7-11-28(14-13-26-15-17-31-18-16-26)24(30)22(19)23(29)25-9-4-10-27-12-8-20-5-2-3-6-21(20)27/h2-3,5-8,11-12H,4,9-10,13-18H2,1H3,(H,25,29). The Hall–Kier alpha value is -2.90. The lowest BCUT2D eigenvalue weighted by molar-refractivity contribution is 0.0362. The molecule has 4 rings (SSSR count). The van der Waals surface area contributed by atoms with Gasteiger partial charge in [0.2, 0.25) is 0 Å². The molecule has 7 nitrogen and oxygen atoms in total. The van der Waals surface area contributed by atoms with Crippen LogP contribution in [0.4, 0.5) is 0 Å². The van der Waals surface area contributed by atoms with E-state index in [9.17, 15) is 9.59 Å². The van der Waals surface area contributed by atoms with Crippen LogP contribution in [-0.2, 0) is 17.8 Å². The number of para-hydroxylation sites is 1. The maximum absolute atomic E-state index is 12.9. The SMILES string of the molecule is Cc1ccn(CCN2CCOCC2)c(=O)c1C(=O)NCCCn1ccc2ccccc21. The van der Waals surface area contributed by atoms with Crippen molar-refractivity contribution < 1.29 is 9.53 Å². The Morgan fingerprint density at radius 2 is 1.77 bits per heavy atom. The molecule has 0 spiro atoms. The normalized spacial score (nSPS) is 14.7. The van der Waals surface area contributed by atoms with E-state index in [1.807, 2.05) is 25.1 Å². The molecule has 3 heterocycles. The number of nitrogens with one attached hydrogen (secondary N) is 1. The predicted octanol–water partition coefficient (Wildman–Crippen LogP) is 2.26. The zero-order chi connectivity index (χ0) is 21.6. The second-order valence-corrected chi connectivity index (χ2v) is 8.00. The first kappa shape index (κ1) is 21.3. The van der Waals surface area contributed by atoms with E-state index in [1.165, 1.54) is 10.9 Å². The summed E-state index contributed by atoms with van der Waals surface area (Å²) in [5.41, 5.74) is 1.93. The largest absolute Gasteiger partial charge is 0.379 e. The van der Waals surface area contributed by atoms with E-state index in [-0.39, 0.29) is 17.0 Å². The van der Waals surface area contributed by atoms with Crippen LogP contribution in [0.15, 0.2) is 53.6 Å². The number of ether oxygens (including phenoxy) is 1. The summed E-state index contributed by atoms with van der Waals surface area (Å²) < 4.78 is 9.20. The molecule has 1 aliphatic heterocycles. The van der Waals surface area contributed by atoms with Gasteiger partial charge in [0.1, 0.15) is 5.56 Å². The van der Waals surface area contributed by atoms with Gasteiger partial charge in [-0.05, 0) is 42.5 Å². The molecule has 0 saturated carbocycles. The molecule has 164 valence electrons. The molecule has 2 aromatic heterocycles. The summed E-state index contributed by atoms with van der Waals surface area (Å²) in [6.07, 6.45) is 4.65. The molecule has 0 unspecified atom stereocenters. The van der Waals surface area contributed by atoms with Gasteiger partial charge in [-0.15, -0.1) is 0 Å². The Morgan fingerprint density at radius 1 is 1.00 bits per heavy atom. The number of fused-ring (bicyclic) bond motifs is 1. The fourth-order valence-corrected chi connectivity index (χ4v) is 4.07. The summed E-state index contributed by atoms with van der Waals surface area (Å²) in [5, 5.41) is 4.14. The van der Waals surface area contributed by atoms with Gasteiger partial charge < -0.3 is 19.2 Å². The lowest BCUT2D eigenvalue weighted by Gasteiger charge is -2.26. The molecule has 1 aromatic carbocycles. The first-order chi connectivity index (χ1) is 15.1. The van der Waals surface area contributed by atoms with E-state index >= 15 is 0 Å². The number of aryl methyl sites for hydroxylation is 2. The van der Waals surface area contributed by atoms with Gasteiger partial charge in [-0.1, -0.05) is 18.2 Å². The molecule has 0 atom stereocenters. The smallest absolute Gasteiger partial charge is 0.263 e. The van der Waals surface area contributed by atoms with Gasteiger partial charge in [-0.25, -0.2) is 0 Å². The number of carbonyl (C=O) groups excluding carboxylic acids is 1. The predicted molar refractivity (Wildman–Crippen MR) is 122 cm³/mol. The minimum absolute atomic E-state index is 0.220. The highest BCUT2D eigenvalue weighted by molar-refractivity contribution is 5.95. The number of hydrogen-bond donors (Lipinski definition) is 1. The average Bonchev–Trinajstić information content (AvgIpc) is 3.20. The van der Waals surface area contributed by atoms with Crippen LogP contribution >= 0.6 is 0 Å². The van der Waals surface area contributed by atoms with Crippen LogP contribution in [0.3, 0.4) is 0 Å². The van der Waals surface area contributed by atoms with Crippen molar-refractivity contribution >= 4 is 16.8 Å². The van der Waals surface area contributed by atoms with E-state index in [0.29, 0.717) is 18.7 Å². The number of morpholine rings is 1. The third kappa shape index (κ3) is 5.06. The molecule has 1 N–H and O–H groups in total. The van der Waals surface area contributed by atoms with E-state index in [1.54, 1.807) is 10.8 Å². The van der Waals surface area contributed by atoms with Crippen LogP contribution in [0.25, 0.3) is 10.9 Å². The van der Waals surface area contributed by atoms with Crippen molar-refractivity contribution in [3.8, 4) is 0 Å². The number of pyridine rings is 1. The monoisotopic (exact) mass is 422 g/mol. The highest BCUT2D eigenvalue weighted by Gasteiger charge is 2.16. The van der Waals surface area contributed by atoms with Crippen molar-refractivity contribution in [1.82, 2.24) is 19.4 Å². The van der Waals surface area contributed by atoms with Crippen LogP contribution in [0.1, 0.15) is 22.3 Å².